The van der Waals surface area contributed by atoms with E-state index in [1.807, 2.05) is 44.2 Å². The molecule has 0 aliphatic rings. The minimum Gasteiger partial charge on any atom is -0.354 e. The highest BCUT2D eigenvalue weighted by Gasteiger charge is 2.33. The molecule has 1 N–H and O–H groups in total. The first kappa shape index (κ1) is 29.4. The number of carbonyl (C=O) groups excluding carboxylic acids is 2. The molecule has 0 aliphatic heterocycles. The summed E-state index contributed by atoms with van der Waals surface area (Å²) in [5.74, 6) is -0.771. The molecule has 7 nitrogen and oxygen atoms in total. The Hall–Kier alpha value is -3.17. The lowest BCUT2D eigenvalue weighted by Crippen LogP contribution is -2.51. The van der Waals surface area contributed by atoms with Crippen molar-refractivity contribution in [2.24, 2.45) is 0 Å². The van der Waals surface area contributed by atoms with Crippen molar-refractivity contribution in [3.8, 4) is 0 Å². The number of aryl methyl sites for hydroxylation is 2. The summed E-state index contributed by atoms with van der Waals surface area (Å²) in [6.07, 6.45) is 0.759. The largest absolute Gasteiger partial charge is 0.354 e. The lowest BCUT2D eigenvalue weighted by molar-refractivity contribution is -0.139. The van der Waals surface area contributed by atoms with E-state index in [1.165, 1.54) is 4.90 Å². The summed E-state index contributed by atoms with van der Waals surface area (Å²) in [6, 6.07) is 20.2. The van der Waals surface area contributed by atoms with E-state index in [1.54, 1.807) is 56.3 Å². The van der Waals surface area contributed by atoms with Gasteiger partial charge in [-0.2, -0.15) is 0 Å². The van der Waals surface area contributed by atoms with E-state index in [-0.39, 0.29) is 17.3 Å². The molecule has 3 aromatic carbocycles. The standard InChI is InChI=1S/C29H34BrN3O4S/c1-5-18-31-29(35)23(4)32(19-24-12-14-25(30)15-13-24)28(34)20-33(27-9-7-6-8-22(27)3)38(36,37)26-16-10-21(2)11-17-26/h6-17,23H,5,18-20H2,1-4H3,(H,31,35). The van der Waals surface area contributed by atoms with Gasteiger partial charge in [0.15, 0.2) is 0 Å². The summed E-state index contributed by atoms with van der Waals surface area (Å²) in [5.41, 5.74) is 2.87. The number of nitrogens with one attached hydrogen (secondary N) is 1. The van der Waals surface area contributed by atoms with Crippen molar-refractivity contribution in [1.82, 2.24) is 10.2 Å². The Morgan fingerprint density at radius 1 is 0.947 bits per heavy atom. The van der Waals surface area contributed by atoms with Crippen LogP contribution in [0.2, 0.25) is 0 Å². The lowest BCUT2D eigenvalue weighted by atomic mass is 10.1. The molecule has 0 heterocycles. The third-order valence-corrected chi connectivity index (χ3v) is 8.56. The second-order valence-electron chi connectivity index (χ2n) is 9.23. The van der Waals surface area contributed by atoms with Crippen molar-refractivity contribution in [3.05, 3.63) is 94.0 Å². The van der Waals surface area contributed by atoms with Crippen LogP contribution in [0, 0.1) is 13.8 Å². The minimum absolute atomic E-state index is 0.0901. The number of hydrogen-bond donors (Lipinski definition) is 1. The lowest BCUT2D eigenvalue weighted by Gasteiger charge is -2.32. The van der Waals surface area contributed by atoms with Crippen molar-refractivity contribution in [2.45, 2.75) is 51.6 Å². The van der Waals surface area contributed by atoms with Gasteiger partial charge in [-0.3, -0.25) is 13.9 Å². The first-order chi connectivity index (χ1) is 18.0. The van der Waals surface area contributed by atoms with Gasteiger partial charge in [0.25, 0.3) is 10.0 Å². The first-order valence-electron chi connectivity index (χ1n) is 12.5. The normalized spacial score (nSPS) is 12.0. The molecule has 0 spiro atoms. The van der Waals surface area contributed by atoms with Crippen LogP contribution in [0.3, 0.4) is 0 Å². The van der Waals surface area contributed by atoms with Crippen LogP contribution in [0.1, 0.15) is 37.0 Å². The van der Waals surface area contributed by atoms with Crippen LogP contribution in [0.25, 0.3) is 0 Å². The van der Waals surface area contributed by atoms with Gasteiger partial charge in [0.05, 0.1) is 10.6 Å². The number of nitrogens with zero attached hydrogens (tertiary/aromatic N) is 2. The number of hydrogen-bond acceptors (Lipinski definition) is 4. The fraction of sp³-hybridized carbons (Fsp3) is 0.310. The molecule has 0 fully saturated rings. The predicted molar refractivity (Wildman–Crippen MR) is 154 cm³/mol. The van der Waals surface area contributed by atoms with Crippen LogP contribution in [-0.4, -0.2) is 44.3 Å². The van der Waals surface area contributed by atoms with Gasteiger partial charge in [0.2, 0.25) is 11.8 Å². The van der Waals surface area contributed by atoms with Crippen molar-refractivity contribution >= 4 is 43.5 Å². The molecule has 0 saturated heterocycles. The Labute approximate surface area is 234 Å². The second-order valence-corrected chi connectivity index (χ2v) is 12.0. The van der Waals surface area contributed by atoms with Crippen LogP contribution in [0.5, 0.6) is 0 Å². The molecule has 0 bridgehead atoms. The fourth-order valence-electron chi connectivity index (χ4n) is 3.96. The molecule has 0 saturated carbocycles. The zero-order valence-electron chi connectivity index (χ0n) is 22.1. The van der Waals surface area contributed by atoms with E-state index in [0.717, 1.165) is 26.3 Å². The monoisotopic (exact) mass is 599 g/mol. The molecule has 1 atom stereocenters. The van der Waals surface area contributed by atoms with Gasteiger partial charge >= 0.3 is 0 Å². The number of sulfonamides is 1. The Kier molecular flexibility index (Phi) is 10.1. The van der Waals surface area contributed by atoms with E-state index in [9.17, 15) is 18.0 Å². The van der Waals surface area contributed by atoms with Crippen LogP contribution >= 0.6 is 15.9 Å². The van der Waals surface area contributed by atoms with E-state index in [2.05, 4.69) is 21.2 Å². The molecule has 38 heavy (non-hydrogen) atoms. The fourth-order valence-corrected chi connectivity index (χ4v) is 5.70. The van der Waals surface area contributed by atoms with Crippen LogP contribution in [-0.2, 0) is 26.2 Å². The topological polar surface area (TPSA) is 86.8 Å². The zero-order chi connectivity index (χ0) is 27.9. The Balaban J connectivity index is 2.02. The third-order valence-electron chi connectivity index (χ3n) is 6.25. The molecule has 1 unspecified atom stereocenters. The van der Waals surface area contributed by atoms with Gasteiger partial charge < -0.3 is 10.2 Å². The summed E-state index contributed by atoms with van der Waals surface area (Å²) in [6.45, 7) is 7.48. The predicted octanol–water partition coefficient (Wildman–Crippen LogP) is 5.20. The van der Waals surface area contributed by atoms with Crippen molar-refractivity contribution in [3.63, 3.8) is 0 Å². The van der Waals surface area contributed by atoms with Crippen LogP contribution in [0.15, 0.2) is 82.2 Å². The van der Waals surface area contributed by atoms with E-state index in [0.29, 0.717) is 17.8 Å². The van der Waals surface area contributed by atoms with Crippen LogP contribution in [0.4, 0.5) is 5.69 Å². The quantitative estimate of drug-likeness (QED) is 0.328. The number of benzene rings is 3. The van der Waals surface area contributed by atoms with Gasteiger partial charge in [-0.15, -0.1) is 0 Å². The summed E-state index contributed by atoms with van der Waals surface area (Å²) in [7, 11) is -4.08. The van der Waals surface area contributed by atoms with Gasteiger partial charge in [-0.05, 0) is 68.7 Å². The van der Waals surface area contributed by atoms with Gasteiger partial charge in [-0.25, -0.2) is 8.42 Å². The van der Waals surface area contributed by atoms with Crippen LogP contribution < -0.4 is 9.62 Å². The number of halogens is 1. The Morgan fingerprint density at radius 2 is 1.58 bits per heavy atom. The molecular weight excluding hydrogens is 566 g/mol. The Morgan fingerprint density at radius 3 is 2.18 bits per heavy atom. The molecule has 9 heteroatoms. The molecule has 0 aliphatic carbocycles. The summed E-state index contributed by atoms with van der Waals surface area (Å²) in [4.78, 5) is 28.3. The van der Waals surface area contributed by atoms with Crippen molar-refractivity contribution < 1.29 is 18.0 Å². The molecular formula is C29H34BrN3O4S. The maximum atomic E-state index is 13.9. The third kappa shape index (κ3) is 7.23. The molecule has 3 rings (SSSR count). The van der Waals surface area contributed by atoms with E-state index >= 15 is 0 Å². The van der Waals surface area contributed by atoms with E-state index < -0.39 is 28.5 Å². The van der Waals surface area contributed by atoms with Gasteiger partial charge in [-0.1, -0.05) is 70.9 Å². The molecule has 0 radical (unpaired) electrons. The number of carbonyl (C=O) groups is 2. The van der Waals surface area contributed by atoms with Gasteiger partial charge in [0.1, 0.15) is 12.6 Å². The highest BCUT2D eigenvalue weighted by Crippen LogP contribution is 2.27. The Bertz CT molecular complexity index is 1360. The smallest absolute Gasteiger partial charge is 0.264 e. The maximum Gasteiger partial charge on any atom is 0.264 e. The first-order valence-corrected chi connectivity index (χ1v) is 14.7. The molecule has 0 aromatic heterocycles. The van der Waals surface area contributed by atoms with Crippen molar-refractivity contribution in [1.29, 1.82) is 0 Å². The second kappa shape index (κ2) is 13.1. The number of rotatable bonds is 11. The average Bonchev–Trinajstić information content (AvgIpc) is 2.90. The summed E-state index contributed by atoms with van der Waals surface area (Å²) in [5, 5.41) is 2.85. The highest BCUT2D eigenvalue weighted by atomic mass is 79.9. The SMILES string of the molecule is CCCNC(=O)C(C)N(Cc1ccc(Br)cc1)C(=O)CN(c1ccccc1C)S(=O)(=O)c1ccc(C)cc1. The summed E-state index contributed by atoms with van der Waals surface area (Å²) >= 11 is 3.42. The minimum atomic E-state index is -4.08. The van der Waals surface area contributed by atoms with Crippen molar-refractivity contribution in [2.75, 3.05) is 17.4 Å². The zero-order valence-corrected chi connectivity index (χ0v) is 24.6. The van der Waals surface area contributed by atoms with E-state index in [4.69, 9.17) is 0 Å². The summed E-state index contributed by atoms with van der Waals surface area (Å²) < 4.78 is 29.8. The molecule has 2 amide bonds. The van der Waals surface area contributed by atoms with Gasteiger partial charge in [0, 0.05) is 17.6 Å². The molecule has 3 aromatic rings. The highest BCUT2D eigenvalue weighted by molar-refractivity contribution is 9.10. The number of amides is 2. The molecule has 202 valence electrons. The number of anilines is 1. The number of para-hydroxylation sites is 1. The average molecular weight is 601 g/mol. The maximum absolute atomic E-state index is 13.9.